The number of hydrogen-bond donors (Lipinski definition) is 3. The lowest BCUT2D eigenvalue weighted by Gasteiger charge is -2.09. The Hall–Kier alpha value is -3.20. The number of benzene rings is 1. The number of anilines is 2. The molecular formula is C14H11F3N6O2S. The molecule has 2 aromatic heterocycles. The van der Waals surface area contributed by atoms with Crippen LogP contribution in [-0.4, -0.2) is 29.6 Å². The zero-order chi connectivity index (χ0) is 19.1. The summed E-state index contributed by atoms with van der Waals surface area (Å²) < 4.78 is 66.8. The quantitative estimate of drug-likeness (QED) is 0.620. The molecule has 26 heavy (non-hydrogen) atoms. The fourth-order valence-corrected chi connectivity index (χ4v) is 3.58. The summed E-state index contributed by atoms with van der Waals surface area (Å²) in [6.07, 6.45) is -0.683. The third kappa shape index (κ3) is 2.92. The molecule has 2 heterocycles. The monoisotopic (exact) mass is 384 g/mol. The van der Waals surface area contributed by atoms with E-state index in [2.05, 4.69) is 14.8 Å². The summed E-state index contributed by atoms with van der Waals surface area (Å²) in [4.78, 5) is 2.13. The molecule has 0 aliphatic rings. The maximum absolute atomic E-state index is 13.9. The Labute approximate surface area is 145 Å². The first-order valence-electron chi connectivity index (χ1n) is 7.06. The molecule has 0 amide bonds. The standard InChI is InChI=1S/C14H11F3N6O2S/c15-8-1-2-9(13-12(8)7(3-18)4-20-13)22-26(24,25)10-5-21-23(14(10)19)6-11(16)17/h1-2,4-5,11,20,22H,6,19H2. The molecule has 0 fully saturated rings. The van der Waals surface area contributed by atoms with Crippen molar-refractivity contribution in [3.63, 3.8) is 0 Å². The van der Waals surface area contributed by atoms with Gasteiger partial charge in [-0.2, -0.15) is 10.4 Å². The van der Waals surface area contributed by atoms with Crippen molar-refractivity contribution >= 4 is 32.4 Å². The number of rotatable bonds is 5. The van der Waals surface area contributed by atoms with Crippen LogP contribution in [-0.2, 0) is 16.6 Å². The number of nitrogens with two attached hydrogens (primary N) is 1. The highest BCUT2D eigenvalue weighted by atomic mass is 32.2. The van der Waals surface area contributed by atoms with E-state index in [1.165, 1.54) is 6.20 Å². The largest absolute Gasteiger partial charge is 0.383 e. The maximum atomic E-state index is 13.9. The van der Waals surface area contributed by atoms with E-state index in [9.17, 15) is 21.6 Å². The van der Waals surface area contributed by atoms with E-state index >= 15 is 0 Å². The number of halogens is 3. The average molecular weight is 384 g/mol. The van der Waals surface area contributed by atoms with E-state index in [0.29, 0.717) is 4.68 Å². The molecular weight excluding hydrogens is 373 g/mol. The highest BCUT2D eigenvalue weighted by Crippen LogP contribution is 2.30. The second kappa shape index (κ2) is 6.26. The Morgan fingerprint density at radius 2 is 2.15 bits per heavy atom. The normalized spacial score (nSPS) is 11.8. The number of sulfonamides is 1. The molecule has 0 radical (unpaired) electrons. The second-order valence-electron chi connectivity index (χ2n) is 5.23. The Morgan fingerprint density at radius 1 is 1.42 bits per heavy atom. The van der Waals surface area contributed by atoms with Crippen molar-refractivity contribution in [2.24, 2.45) is 0 Å². The van der Waals surface area contributed by atoms with E-state index in [4.69, 9.17) is 11.0 Å². The van der Waals surface area contributed by atoms with E-state index in [1.54, 1.807) is 6.07 Å². The van der Waals surface area contributed by atoms with E-state index in [0.717, 1.165) is 18.3 Å². The number of nitrogens with one attached hydrogen (secondary N) is 2. The number of aromatic nitrogens is 3. The summed E-state index contributed by atoms with van der Waals surface area (Å²) in [5, 5.41) is 12.5. The van der Waals surface area contributed by atoms with Crippen LogP contribution in [0.3, 0.4) is 0 Å². The number of H-pyrrole nitrogens is 1. The lowest BCUT2D eigenvalue weighted by atomic mass is 10.1. The highest BCUT2D eigenvalue weighted by Gasteiger charge is 2.24. The van der Waals surface area contributed by atoms with Gasteiger partial charge in [0.2, 0.25) is 0 Å². The van der Waals surface area contributed by atoms with Crippen molar-refractivity contribution < 1.29 is 21.6 Å². The maximum Gasteiger partial charge on any atom is 0.267 e. The number of nitriles is 1. The van der Waals surface area contributed by atoms with Gasteiger partial charge < -0.3 is 10.7 Å². The van der Waals surface area contributed by atoms with Gasteiger partial charge in [-0.3, -0.25) is 4.72 Å². The zero-order valence-corrected chi connectivity index (χ0v) is 13.7. The number of alkyl halides is 2. The molecule has 136 valence electrons. The van der Waals surface area contributed by atoms with Crippen LogP contribution >= 0.6 is 0 Å². The zero-order valence-electron chi connectivity index (χ0n) is 12.9. The van der Waals surface area contributed by atoms with Crippen LogP contribution in [0.2, 0.25) is 0 Å². The minimum atomic E-state index is -4.29. The summed E-state index contributed by atoms with van der Waals surface area (Å²) in [7, 11) is -4.29. The number of aromatic amines is 1. The van der Waals surface area contributed by atoms with Crippen molar-refractivity contribution in [2.75, 3.05) is 10.5 Å². The summed E-state index contributed by atoms with van der Waals surface area (Å²) in [6.45, 7) is -0.857. The summed E-state index contributed by atoms with van der Waals surface area (Å²) in [6, 6.07) is 3.95. The Bertz CT molecular complexity index is 1130. The van der Waals surface area contributed by atoms with Gasteiger partial charge in [0.05, 0.1) is 28.4 Å². The van der Waals surface area contributed by atoms with Gasteiger partial charge in [-0.05, 0) is 12.1 Å². The Balaban J connectivity index is 2.03. The van der Waals surface area contributed by atoms with E-state index in [-0.39, 0.29) is 22.2 Å². The fourth-order valence-electron chi connectivity index (χ4n) is 2.44. The van der Waals surface area contributed by atoms with Gasteiger partial charge in [0, 0.05) is 6.20 Å². The molecule has 0 saturated heterocycles. The molecule has 0 atom stereocenters. The average Bonchev–Trinajstić information content (AvgIpc) is 3.15. The van der Waals surface area contributed by atoms with Crippen LogP contribution in [0, 0.1) is 17.1 Å². The molecule has 0 aliphatic carbocycles. The SMILES string of the molecule is N#Cc1c[nH]c2c(NS(=O)(=O)c3cnn(CC(F)F)c3N)ccc(F)c12. The molecule has 12 heteroatoms. The van der Waals surface area contributed by atoms with Crippen LogP contribution in [0.1, 0.15) is 5.56 Å². The van der Waals surface area contributed by atoms with Crippen LogP contribution in [0.4, 0.5) is 24.7 Å². The smallest absolute Gasteiger partial charge is 0.267 e. The predicted octanol–water partition coefficient (Wildman–Crippen LogP) is 2.02. The molecule has 3 rings (SSSR count). The first kappa shape index (κ1) is 17.6. The first-order valence-corrected chi connectivity index (χ1v) is 8.55. The molecule has 1 aromatic carbocycles. The third-order valence-corrected chi connectivity index (χ3v) is 4.98. The van der Waals surface area contributed by atoms with Gasteiger partial charge in [-0.15, -0.1) is 0 Å². The van der Waals surface area contributed by atoms with Crippen LogP contribution in [0.15, 0.2) is 29.4 Å². The molecule has 0 unspecified atom stereocenters. The summed E-state index contributed by atoms with van der Waals surface area (Å²) in [5.74, 6) is -1.16. The highest BCUT2D eigenvalue weighted by molar-refractivity contribution is 7.92. The van der Waals surface area contributed by atoms with Crippen molar-refractivity contribution in [2.45, 2.75) is 17.9 Å². The van der Waals surface area contributed by atoms with Crippen LogP contribution < -0.4 is 10.5 Å². The van der Waals surface area contributed by atoms with E-state index in [1.807, 2.05) is 0 Å². The van der Waals surface area contributed by atoms with Crippen LogP contribution in [0.5, 0.6) is 0 Å². The lowest BCUT2D eigenvalue weighted by Crippen LogP contribution is -2.16. The van der Waals surface area contributed by atoms with Gasteiger partial charge in [0.1, 0.15) is 29.1 Å². The summed E-state index contributed by atoms with van der Waals surface area (Å²) >= 11 is 0. The van der Waals surface area contributed by atoms with Crippen molar-refractivity contribution in [3.8, 4) is 6.07 Å². The molecule has 0 bridgehead atoms. The lowest BCUT2D eigenvalue weighted by molar-refractivity contribution is 0.122. The molecule has 0 aliphatic heterocycles. The fraction of sp³-hybridized carbons (Fsp3) is 0.143. The van der Waals surface area contributed by atoms with Crippen LogP contribution in [0.25, 0.3) is 10.9 Å². The molecule has 0 saturated carbocycles. The van der Waals surface area contributed by atoms with Gasteiger partial charge >= 0.3 is 0 Å². The predicted molar refractivity (Wildman–Crippen MR) is 86.4 cm³/mol. The number of nitrogens with zero attached hydrogens (tertiary/aromatic N) is 3. The minimum Gasteiger partial charge on any atom is -0.383 e. The van der Waals surface area contributed by atoms with E-state index < -0.39 is 39.5 Å². The second-order valence-corrected chi connectivity index (χ2v) is 6.88. The Morgan fingerprint density at radius 3 is 2.81 bits per heavy atom. The summed E-state index contributed by atoms with van der Waals surface area (Å²) in [5.41, 5.74) is 5.61. The number of fused-ring (bicyclic) bond motifs is 1. The van der Waals surface area contributed by atoms with Crippen molar-refractivity contribution in [3.05, 3.63) is 35.9 Å². The number of nitrogen functional groups attached to an aromatic ring is 1. The number of hydrogen-bond acceptors (Lipinski definition) is 5. The molecule has 8 nitrogen and oxygen atoms in total. The Kier molecular flexibility index (Phi) is 4.25. The molecule has 0 spiro atoms. The van der Waals surface area contributed by atoms with Gasteiger partial charge in [0.25, 0.3) is 16.4 Å². The van der Waals surface area contributed by atoms with Crippen molar-refractivity contribution in [1.29, 1.82) is 5.26 Å². The molecule has 3 aromatic rings. The topological polar surface area (TPSA) is 130 Å². The first-order chi connectivity index (χ1) is 12.2. The van der Waals surface area contributed by atoms with Gasteiger partial charge in [-0.25, -0.2) is 26.3 Å². The molecule has 4 N–H and O–H groups in total. The minimum absolute atomic E-state index is 0.00261. The third-order valence-electron chi connectivity index (χ3n) is 3.59. The van der Waals surface area contributed by atoms with Crippen molar-refractivity contribution in [1.82, 2.24) is 14.8 Å². The van der Waals surface area contributed by atoms with Gasteiger partial charge in [0.15, 0.2) is 0 Å². The van der Waals surface area contributed by atoms with Gasteiger partial charge in [-0.1, -0.05) is 0 Å².